The number of rotatable bonds is 7. The Morgan fingerprint density at radius 1 is 0.960 bits per heavy atom. The summed E-state index contributed by atoms with van der Waals surface area (Å²) in [6, 6.07) is 10.1. The van der Waals surface area contributed by atoms with E-state index in [1.54, 1.807) is 0 Å². The van der Waals surface area contributed by atoms with Crippen molar-refractivity contribution < 1.29 is 20.1 Å². The number of non-ortho nitro benzene ring substituents is 2. The van der Waals surface area contributed by atoms with Crippen molar-refractivity contribution in [2.45, 2.75) is 12.1 Å². The average Bonchev–Trinajstić information content (AvgIpc) is 2.62. The number of nitro benzene ring substituents is 2. The highest BCUT2D eigenvalue weighted by atomic mass is 16.6. The zero-order chi connectivity index (χ0) is 18.4. The van der Waals surface area contributed by atoms with E-state index in [1.165, 1.54) is 54.7 Å². The van der Waals surface area contributed by atoms with Crippen molar-refractivity contribution >= 4 is 17.6 Å². The first-order valence-electron chi connectivity index (χ1n) is 7.23. The van der Waals surface area contributed by atoms with Crippen LogP contribution < -0.4 is 0 Å². The highest BCUT2D eigenvalue weighted by molar-refractivity contribution is 5.80. The van der Waals surface area contributed by atoms with Crippen molar-refractivity contribution in [3.05, 3.63) is 79.9 Å². The summed E-state index contributed by atoms with van der Waals surface area (Å²) in [4.78, 5) is 24.3. The molecular formula is C16H15N3O6. The molecule has 9 nitrogen and oxygen atoms in total. The molecule has 0 fully saturated rings. The van der Waals surface area contributed by atoms with Crippen LogP contribution in [0.5, 0.6) is 0 Å². The average molecular weight is 345 g/mol. The third kappa shape index (κ3) is 4.66. The van der Waals surface area contributed by atoms with Crippen molar-refractivity contribution in [3.63, 3.8) is 0 Å². The number of benzene rings is 2. The second kappa shape index (κ2) is 8.08. The first-order chi connectivity index (χ1) is 11.9. The van der Waals surface area contributed by atoms with Gasteiger partial charge in [-0.25, -0.2) is 0 Å². The molecule has 2 rings (SSSR count). The van der Waals surface area contributed by atoms with Crippen LogP contribution in [0, 0.1) is 20.2 Å². The summed E-state index contributed by atoms with van der Waals surface area (Å²) in [5.41, 5.74) is 0.790. The number of aliphatic hydroxyl groups is 2. The third-order valence-electron chi connectivity index (χ3n) is 3.52. The van der Waals surface area contributed by atoms with Crippen LogP contribution in [0.2, 0.25) is 0 Å². The Labute approximate surface area is 142 Å². The minimum atomic E-state index is -1.15. The number of aliphatic hydroxyl groups excluding tert-OH is 2. The van der Waals surface area contributed by atoms with Gasteiger partial charge in [-0.3, -0.25) is 25.2 Å². The lowest BCUT2D eigenvalue weighted by Crippen LogP contribution is -2.21. The molecule has 0 spiro atoms. The molecule has 2 aromatic carbocycles. The van der Waals surface area contributed by atoms with Crippen molar-refractivity contribution in [2.75, 3.05) is 6.61 Å². The smallest absolute Gasteiger partial charge is 0.269 e. The molecule has 0 aliphatic carbocycles. The molecule has 0 saturated carbocycles. The largest absolute Gasteiger partial charge is 0.394 e. The van der Waals surface area contributed by atoms with Crippen molar-refractivity contribution in [1.82, 2.24) is 0 Å². The second-order valence-corrected chi connectivity index (χ2v) is 5.17. The Balaban J connectivity index is 2.12. The van der Waals surface area contributed by atoms with Crippen LogP contribution in [0.3, 0.4) is 0 Å². The molecule has 2 aromatic rings. The molecule has 0 bridgehead atoms. The maximum absolute atomic E-state index is 10.6. The van der Waals surface area contributed by atoms with E-state index in [0.717, 1.165) is 0 Å². The molecule has 0 amide bonds. The molecule has 25 heavy (non-hydrogen) atoms. The number of hydrogen-bond acceptors (Lipinski definition) is 7. The van der Waals surface area contributed by atoms with Gasteiger partial charge in [0.25, 0.3) is 11.4 Å². The molecule has 0 aliphatic rings. The SMILES string of the molecule is O=[N+]([O-])c1ccc(C=N[C@@H](CO)[C@H](O)c2ccc([N+](=O)[O-])cc2)cc1. The molecule has 130 valence electrons. The van der Waals surface area contributed by atoms with Gasteiger partial charge >= 0.3 is 0 Å². The lowest BCUT2D eigenvalue weighted by molar-refractivity contribution is -0.385. The fraction of sp³-hybridized carbons (Fsp3) is 0.188. The molecule has 9 heteroatoms. The predicted molar refractivity (Wildman–Crippen MR) is 89.6 cm³/mol. The summed E-state index contributed by atoms with van der Waals surface area (Å²) in [7, 11) is 0. The van der Waals surface area contributed by atoms with E-state index in [9.17, 15) is 30.4 Å². The zero-order valence-corrected chi connectivity index (χ0v) is 12.9. The molecule has 0 aromatic heterocycles. The Hall–Kier alpha value is -3.17. The fourth-order valence-electron chi connectivity index (χ4n) is 2.11. The quantitative estimate of drug-likeness (QED) is 0.447. The van der Waals surface area contributed by atoms with Gasteiger partial charge in [0.1, 0.15) is 12.1 Å². The summed E-state index contributed by atoms with van der Waals surface area (Å²) < 4.78 is 0. The first kappa shape index (κ1) is 18.2. The van der Waals surface area contributed by atoms with Gasteiger partial charge in [0, 0.05) is 30.5 Å². The lowest BCUT2D eigenvalue weighted by atomic mass is 10.0. The maximum Gasteiger partial charge on any atom is 0.269 e. The molecule has 0 heterocycles. The Bertz CT molecular complexity index is 773. The summed E-state index contributed by atoms with van der Waals surface area (Å²) in [6.07, 6.45) is 0.235. The van der Waals surface area contributed by atoms with Gasteiger partial charge in [-0.2, -0.15) is 0 Å². The number of nitrogens with zero attached hydrogens (tertiary/aromatic N) is 3. The second-order valence-electron chi connectivity index (χ2n) is 5.17. The van der Waals surface area contributed by atoms with Gasteiger partial charge in [-0.15, -0.1) is 0 Å². The molecule has 0 radical (unpaired) electrons. The molecule has 2 atom stereocenters. The molecular weight excluding hydrogens is 330 g/mol. The predicted octanol–water partition coefficient (Wildman–Crippen LogP) is 2.02. The van der Waals surface area contributed by atoms with Gasteiger partial charge < -0.3 is 10.2 Å². The lowest BCUT2D eigenvalue weighted by Gasteiger charge is -2.17. The first-order valence-corrected chi connectivity index (χ1v) is 7.23. The minimum Gasteiger partial charge on any atom is -0.394 e. The van der Waals surface area contributed by atoms with Gasteiger partial charge in [0.15, 0.2) is 0 Å². The van der Waals surface area contributed by atoms with E-state index >= 15 is 0 Å². The molecule has 2 N–H and O–H groups in total. The van der Waals surface area contributed by atoms with Crippen LogP contribution >= 0.6 is 0 Å². The Morgan fingerprint density at radius 3 is 1.88 bits per heavy atom. The summed E-state index contributed by atoms with van der Waals surface area (Å²) in [5.74, 6) is 0. The highest BCUT2D eigenvalue weighted by Gasteiger charge is 2.20. The minimum absolute atomic E-state index is 0.0539. The zero-order valence-electron chi connectivity index (χ0n) is 12.9. The van der Waals surface area contributed by atoms with Crippen molar-refractivity contribution in [1.29, 1.82) is 0 Å². The van der Waals surface area contributed by atoms with Gasteiger partial charge in [-0.1, -0.05) is 0 Å². The number of aliphatic imine (C=N–C) groups is 1. The van der Waals surface area contributed by atoms with Crippen LogP contribution in [-0.2, 0) is 0 Å². The Kier molecular flexibility index (Phi) is 5.88. The van der Waals surface area contributed by atoms with Crippen molar-refractivity contribution in [2.24, 2.45) is 4.99 Å². The van der Waals surface area contributed by atoms with Gasteiger partial charge in [-0.05, 0) is 35.4 Å². The normalized spacial score (nSPS) is 13.5. The van der Waals surface area contributed by atoms with Crippen molar-refractivity contribution in [3.8, 4) is 0 Å². The van der Waals surface area contributed by atoms with Crippen LogP contribution in [-0.4, -0.2) is 38.9 Å². The maximum atomic E-state index is 10.6. The van der Waals surface area contributed by atoms with Crippen LogP contribution in [0.25, 0.3) is 0 Å². The van der Waals surface area contributed by atoms with E-state index in [0.29, 0.717) is 11.1 Å². The van der Waals surface area contributed by atoms with Crippen LogP contribution in [0.4, 0.5) is 11.4 Å². The van der Waals surface area contributed by atoms with Crippen LogP contribution in [0.1, 0.15) is 17.2 Å². The summed E-state index contributed by atoms with van der Waals surface area (Å²) in [6.45, 7) is -0.443. The number of nitro groups is 2. The monoisotopic (exact) mass is 345 g/mol. The van der Waals surface area contributed by atoms with Crippen LogP contribution in [0.15, 0.2) is 53.5 Å². The third-order valence-corrected chi connectivity index (χ3v) is 3.52. The highest BCUT2D eigenvalue weighted by Crippen LogP contribution is 2.22. The number of hydrogen-bond donors (Lipinski definition) is 2. The standard InChI is InChI=1S/C16H15N3O6/c20-10-15(16(21)12-3-7-14(8-4-12)19(24)25)17-9-11-1-5-13(6-2-11)18(22)23/h1-9,15-16,20-21H,10H2/t15-,16+/m0/s1. The topological polar surface area (TPSA) is 139 Å². The Morgan fingerprint density at radius 2 is 1.44 bits per heavy atom. The van der Waals surface area contributed by atoms with E-state index in [2.05, 4.69) is 4.99 Å². The molecule has 0 unspecified atom stereocenters. The summed E-state index contributed by atoms with van der Waals surface area (Å²) in [5, 5.41) is 40.9. The van der Waals surface area contributed by atoms with Gasteiger partial charge in [0.2, 0.25) is 0 Å². The fourth-order valence-corrected chi connectivity index (χ4v) is 2.11. The summed E-state index contributed by atoms with van der Waals surface area (Å²) >= 11 is 0. The van der Waals surface area contributed by atoms with E-state index in [1.807, 2.05) is 0 Å². The van der Waals surface area contributed by atoms with E-state index < -0.39 is 28.6 Å². The molecule has 0 aliphatic heterocycles. The van der Waals surface area contributed by atoms with Gasteiger partial charge in [0.05, 0.1) is 16.5 Å². The van der Waals surface area contributed by atoms with E-state index in [4.69, 9.17) is 0 Å². The molecule has 0 saturated heterocycles. The van der Waals surface area contributed by atoms with E-state index in [-0.39, 0.29) is 11.4 Å².